The van der Waals surface area contributed by atoms with E-state index in [0.29, 0.717) is 5.39 Å². The van der Waals surface area contributed by atoms with Gasteiger partial charge in [0.2, 0.25) is 11.7 Å². The van der Waals surface area contributed by atoms with Crippen LogP contribution in [0, 0.1) is 5.92 Å². The summed E-state index contributed by atoms with van der Waals surface area (Å²) in [6.45, 7) is 0.871. The normalized spacial score (nSPS) is 16.1. The maximum absolute atomic E-state index is 12.4. The van der Waals surface area contributed by atoms with Crippen molar-refractivity contribution in [2.75, 3.05) is 6.61 Å². The van der Waals surface area contributed by atoms with Crippen molar-refractivity contribution in [3.05, 3.63) is 30.0 Å². The molecule has 8 nitrogen and oxygen atoms in total. The lowest BCUT2D eigenvalue weighted by atomic mass is 10.1. The number of esters is 1. The van der Waals surface area contributed by atoms with Crippen molar-refractivity contribution in [2.24, 2.45) is 13.0 Å². The fourth-order valence-electron chi connectivity index (χ4n) is 2.71. The zero-order valence-electron chi connectivity index (χ0n) is 14.6. The van der Waals surface area contributed by atoms with Crippen LogP contribution < -0.4 is 5.32 Å². The number of rotatable bonds is 7. The number of nitrogens with zero attached hydrogens (tertiary/aromatic N) is 2. The van der Waals surface area contributed by atoms with E-state index in [1.165, 1.54) is 6.92 Å². The predicted molar refractivity (Wildman–Crippen MR) is 92.3 cm³/mol. The van der Waals surface area contributed by atoms with Crippen molar-refractivity contribution in [3.8, 4) is 0 Å². The summed E-state index contributed by atoms with van der Waals surface area (Å²) in [4.78, 5) is 36.4. The highest BCUT2D eigenvalue weighted by molar-refractivity contribution is 6.07. The summed E-state index contributed by atoms with van der Waals surface area (Å²) in [6.07, 6.45) is 0.424. The summed E-state index contributed by atoms with van der Waals surface area (Å²) < 4.78 is 6.61. The standard InChI is InChI=1S/C18H21N3O5/c1-10(22)15(19-17(24)11-7-8-11)18(25)26-9-14(23)16-12-5-3-4-6-13(12)21(2)20-16/h3-6,10-11,15,22H,7-9H2,1-2H3,(H,19,24). The molecule has 2 unspecified atom stereocenters. The van der Waals surface area contributed by atoms with Crippen molar-refractivity contribution < 1.29 is 24.2 Å². The monoisotopic (exact) mass is 359 g/mol. The van der Waals surface area contributed by atoms with Gasteiger partial charge in [0.25, 0.3) is 0 Å². The molecule has 8 heteroatoms. The lowest BCUT2D eigenvalue weighted by Gasteiger charge is -2.19. The van der Waals surface area contributed by atoms with Crippen LogP contribution in [0.4, 0.5) is 0 Å². The Hall–Kier alpha value is -2.74. The minimum Gasteiger partial charge on any atom is -0.456 e. The van der Waals surface area contributed by atoms with Gasteiger partial charge in [0.15, 0.2) is 12.6 Å². The van der Waals surface area contributed by atoms with Crippen LogP contribution in [0.2, 0.25) is 0 Å². The second kappa shape index (κ2) is 7.25. The summed E-state index contributed by atoms with van der Waals surface area (Å²) in [5.41, 5.74) is 1.01. The summed E-state index contributed by atoms with van der Waals surface area (Å²) in [5.74, 6) is -1.68. The summed E-state index contributed by atoms with van der Waals surface area (Å²) in [6, 6.07) is 6.04. The average Bonchev–Trinajstić information content (AvgIpc) is 3.41. The van der Waals surface area contributed by atoms with Gasteiger partial charge < -0.3 is 15.2 Å². The minimum absolute atomic E-state index is 0.106. The zero-order chi connectivity index (χ0) is 18.8. The number of nitrogens with one attached hydrogen (secondary N) is 1. The molecule has 2 aromatic rings. The molecule has 1 fully saturated rings. The van der Waals surface area contributed by atoms with E-state index in [1.807, 2.05) is 12.1 Å². The highest BCUT2D eigenvalue weighted by Crippen LogP contribution is 2.29. The largest absolute Gasteiger partial charge is 0.456 e. The SMILES string of the molecule is CC(O)C(NC(=O)C1CC1)C(=O)OCC(=O)c1nn(C)c2ccccc12. The quantitative estimate of drug-likeness (QED) is 0.552. The van der Waals surface area contributed by atoms with E-state index >= 15 is 0 Å². The Bertz CT molecular complexity index is 854. The Kier molecular flexibility index (Phi) is 5.03. The zero-order valence-corrected chi connectivity index (χ0v) is 14.6. The molecule has 138 valence electrons. The molecule has 26 heavy (non-hydrogen) atoms. The van der Waals surface area contributed by atoms with Gasteiger partial charge in [0.05, 0.1) is 11.6 Å². The van der Waals surface area contributed by atoms with Crippen molar-refractivity contribution in [1.82, 2.24) is 15.1 Å². The number of aliphatic hydroxyl groups excluding tert-OH is 1. The van der Waals surface area contributed by atoms with Gasteiger partial charge in [0, 0.05) is 18.4 Å². The van der Waals surface area contributed by atoms with Gasteiger partial charge in [-0.05, 0) is 25.8 Å². The van der Waals surface area contributed by atoms with Crippen LogP contribution in [0.3, 0.4) is 0 Å². The number of aromatic nitrogens is 2. The van der Waals surface area contributed by atoms with Crippen LogP contribution in [-0.4, -0.2) is 51.3 Å². The number of carbonyl (C=O) groups is 3. The van der Waals surface area contributed by atoms with Crippen molar-refractivity contribution in [3.63, 3.8) is 0 Å². The van der Waals surface area contributed by atoms with E-state index < -0.39 is 30.5 Å². The van der Waals surface area contributed by atoms with Crippen LogP contribution >= 0.6 is 0 Å². The number of benzene rings is 1. The second-order valence-corrected chi connectivity index (χ2v) is 6.52. The molecule has 0 bridgehead atoms. The van der Waals surface area contributed by atoms with Crippen molar-refractivity contribution in [2.45, 2.75) is 31.9 Å². The fraction of sp³-hybridized carbons (Fsp3) is 0.444. The average molecular weight is 359 g/mol. The van der Waals surface area contributed by atoms with Crippen LogP contribution in [0.1, 0.15) is 30.3 Å². The van der Waals surface area contributed by atoms with Gasteiger partial charge in [-0.3, -0.25) is 14.3 Å². The Morgan fingerprint density at radius 2 is 2.04 bits per heavy atom. The first-order valence-electron chi connectivity index (χ1n) is 8.48. The molecular weight excluding hydrogens is 338 g/mol. The van der Waals surface area contributed by atoms with Crippen LogP contribution in [0.5, 0.6) is 0 Å². The second-order valence-electron chi connectivity index (χ2n) is 6.52. The number of amides is 1. The lowest BCUT2D eigenvalue weighted by Crippen LogP contribution is -2.49. The summed E-state index contributed by atoms with van der Waals surface area (Å²) in [5, 5.41) is 17.1. The summed E-state index contributed by atoms with van der Waals surface area (Å²) in [7, 11) is 1.72. The molecule has 0 saturated heterocycles. The number of hydrogen-bond acceptors (Lipinski definition) is 6. The number of ketones is 1. The molecular formula is C18H21N3O5. The van der Waals surface area contributed by atoms with E-state index in [4.69, 9.17) is 4.74 Å². The van der Waals surface area contributed by atoms with Gasteiger partial charge in [-0.25, -0.2) is 4.79 Å². The summed E-state index contributed by atoms with van der Waals surface area (Å²) >= 11 is 0. The predicted octanol–water partition coefficient (Wildman–Crippen LogP) is 0.575. The number of aryl methyl sites for hydroxylation is 1. The first-order valence-corrected chi connectivity index (χ1v) is 8.48. The molecule has 1 aromatic heterocycles. The molecule has 0 aliphatic heterocycles. The molecule has 0 radical (unpaired) electrons. The molecule has 1 heterocycles. The van der Waals surface area contributed by atoms with Crippen LogP contribution in [0.15, 0.2) is 24.3 Å². The highest BCUT2D eigenvalue weighted by atomic mass is 16.5. The molecule has 1 amide bonds. The maximum Gasteiger partial charge on any atom is 0.331 e. The van der Waals surface area contributed by atoms with Crippen molar-refractivity contribution in [1.29, 1.82) is 0 Å². The first kappa shape index (κ1) is 18.1. The lowest BCUT2D eigenvalue weighted by molar-refractivity contribution is -0.150. The van der Waals surface area contributed by atoms with Gasteiger partial charge in [0.1, 0.15) is 5.69 Å². The van der Waals surface area contributed by atoms with Gasteiger partial charge in [-0.2, -0.15) is 5.10 Å². The van der Waals surface area contributed by atoms with Gasteiger partial charge in [-0.15, -0.1) is 0 Å². The molecule has 0 spiro atoms. The smallest absolute Gasteiger partial charge is 0.331 e. The Labute approximate surface area is 150 Å². The fourth-order valence-corrected chi connectivity index (χ4v) is 2.71. The van der Waals surface area contributed by atoms with Gasteiger partial charge in [-0.1, -0.05) is 18.2 Å². The van der Waals surface area contributed by atoms with E-state index in [0.717, 1.165) is 18.4 Å². The number of fused-ring (bicyclic) bond motifs is 1. The number of carbonyl (C=O) groups excluding carboxylic acids is 3. The van der Waals surface area contributed by atoms with Crippen molar-refractivity contribution >= 4 is 28.6 Å². The molecule has 1 saturated carbocycles. The van der Waals surface area contributed by atoms with E-state index in [-0.39, 0.29) is 17.5 Å². The third-order valence-corrected chi connectivity index (χ3v) is 4.35. The third kappa shape index (κ3) is 3.75. The Balaban J connectivity index is 1.65. The highest BCUT2D eigenvalue weighted by Gasteiger charge is 2.35. The molecule has 3 rings (SSSR count). The van der Waals surface area contributed by atoms with Gasteiger partial charge >= 0.3 is 5.97 Å². The number of hydrogen-bond donors (Lipinski definition) is 2. The van der Waals surface area contributed by atoms with E-state index in [1.54, 1.807) is 23.9 Å². The number of aliphatic hydroxyl groups is 1. The van der Waals surface area contributed by atoms with Crippen LogP contribution in [-0.2, 0) is 21.4 Å². The Morgan fingerprint density at radius 3 is 2.69 bits per heavy atom. The molecule has 2 N–H and O–H groups in total. The number of para-hydroxylation sites is 1. The topological polar surface area (TPSA) is 111 Å². The molecule has 1 aromatic carbocycles. The molecule has 1 aliphatic rings. The minimum atomic E-state index is -1.20. The van der Waals surface area contributed by atoms with E-state index in [2.05, 4.69) is 10.4 Å². The number of Topliss-reactive ketones (excluding diaryl/α,β-unsaturated/α-hetero) is 1. The molecule has 2 atom stereocenters. The first-order chi connectivity index (χ1) is 12.4. The molecule has 1 aliphatic carbocycles. The van der Waals surface area contributed by atoms with E-state index in [9.17, 15) is 19.5 Å². The number of ether oxygens (including phenoxy) is 1. The van der Waals surface area contributed by atoms with Crippen LogP contribution in [0.25, 0.3) is 10.9 Å². The Morgan fingerprint density at radius 1 is 1.35 bits per heavy atom. The third-order valence-electron chi connectivity index (χ3n) is 4.35. The maximum atomic E-state index is 12.4.